The predicted octanol–water partition coefficient (Wildman–Crippen LogP) is 3.00. The van der Waals surface area contributed by atoms with Crippen LogP contribution in [0.15, 0.2) is 29.1 Å². The van der Waals surface area contributed by atoms with Gasteiger partial charge in [0.15, 0.2) is 0 Å². The van der Waals surface area contributed by atoms with Gasteiger partial charge in [0.2, 0.25) is 0 Å². The number of amides is 1. The number of nitrogens with zero attached hydrogens (tertiary/aromatic N) is 1. The average molecular weight is 342 g/mol. The number of aromatic nitrogens is 1. The SMILES string of the molecule is Cc1ccc2[nH]c(=O)c(CN(CC(C)C)C(=O)C3CCCO3)cc2c1. The molecule has 1 unspecified atom stereocenters. The van der Waals surface area contributed by atoms with E-state index in [0.29, 0.717) is 31.2 Å². The normalized spacial score (nSPS) is 17.4. The lowest BCUT2D eigenvalue weighted by Gasteiger charge is -2.27. The van der Waals surface area contributed by atoms with Crippen LogP contribution in [0, 0.1) is 12.8 Å². The molecule has 1 aromatic heterocycles. The fourth-order valence-electron chi connectivity index (χ4n) is 3.34. The standard InChI is InChI=1S/C20H26N2O3/c1-13(2)11-22(20(24)18-5-4-8-25-18)12-16-10-15-9-14(3)6-7-17(15)21-19(16)23/h6-7,9-10,13,18H,4-5,8,11-12H2,1-3H3,(H,21,23). The lowest BCUT2D eigenvalue weighted by atomic mass is 10.1. The smallest absolute Gasteiger partial charge is 0.253 e. The Labute approximate surface area is 148 Å². The van der Waals surface area contributed by atoms with E-state index in [-0.39, 0.29) is 17.6 Å². The fourth-order valence-corrected chi connectivity index (χ4v) is 3.34. The van der Waals surface area contributed by atoms with Crippen molar-refractivity contribution in [1.82, 2.24) is 9.88 Å². The quantitative estimate of drug-likeness (QED) is 0.908. The van der Waals surface area contributed by atoms with Crippen LogP contribution in [0.25, 0.3) is 10.9 Å². The van der Waals surface area contributed by atoms with Gasteiger partial charge in [0.25, 0.3) is 11.5 Å². The predicted molar refractivity (Wildman–Crippen MR) is 98.5 cm³/mol. The zero-order valence-electron chi connectivity index (χ0n) is 15.2. The summed E-state index contributed by atoms with van der Waals surface area (Å²) in [6.45, 7) is 7.74. The number of fused-ring (bicyclic) bond motifs is 1. The van der Waals surface area contributed by atoms with Crippen molar-refractivity contribution < 1.29 is 9.53 Å². The van der Waals surface area contributed by atoms with Crippen LogP contribution in [0.1, 0.15) is 37.8 Å². The van der Waals surface area contributed by atoms with Gasteiger partial charge in [-0.15, -0.1) is 0 Å². The second-order valence-corrected chi connectivity index (χ2v) is 7.33. The number of aromatic amines is 1. The first-order valence-electron chi connectivity index (χ1n) is 8.97. The van der Waals surface area contributed by atoms with E-state index in [2.05, 4.69) is 18.8 Å². The number of aryl methyl sites for hydroxylation is 1. The summed E-state index contributed by atoms with van der Waals surface area (Å²) in [7, 11) is 0. The molecule has 3 rings (SSSR count). The van der Waals surface area contributed by atoms with Crippen molar-refractivity contribution in [2.24, 2.45) is 5.92 Å². The Hall–Kier alpha value is -2.14. The number of carbonyl (C=O) groups excluding carboxylic acids is 1. The summed E-state index contributed by atoms with van der Waals surface area (Å²) < 4.78 is 5.55. The zero-order chi connectivity index (χ0) is 18.0. The highest BCUT2D eigenvalue weighted by Gasteiger charge is 2.29. The first-order chi connectivity index (χ1) is 11.9. The molecule has 1 aromatic carbocycles. The Kier molecular flexibility index (Phi) is 5.23. The van der Waals surface area contributed by atoms with Gasteiger partial charge < -0.3 is 14.6 Å². The van der Waals surface area contributed by atoms with Crippen LogP contribution in [0.5, 0.6) is 0 Å². The van der Waals surface area contributed by atoms with Crippen molar-refractivity contribution in [2.75, 3.05) is 13.2 Å². The molecule has 1 fully saturated rings. The number of ether oxygens (including phenoxy) is 1. The summed E-state index contributed by atoms with van der Waals surface area (Å²) in [6, 6.07) is 7.84. The fraction of sp³-hybridized carbons (Fsp3) is 0.500. The molecule has 1 atom stereocenters. The van der Waals surface area contributed by atoms with Crippen molar-refractivity contribution in [1.29, 1.82) is 0 Å². The lowest BCUT2D eigenvalue weighted by molar-refractivity contribution is -0.142. The van der Waals surface area contributed by atoms with Gasteiger partial charge in [-0.05, 0) is 49.3 Å². The molecule has 134 valence electrons. The van der Waals surface area contributed by atoms with Crippen LogP contribution >= 0.6 is 0 Å². The number of hydrogen-bond donors (Lipinski definition) is 1. The maximum absolute atomic E-state index is 12.8. The number of benzene rings is 1. The largest absolute Gasteiger partial charge is 0.368 e. The van der Waals surface area contributed by atoms with Gasteiger partial charge in [0.1, 0.15) is 6.10 Å². The van der Waals surface area contributed by atoms with Gasteiger partial charge in [0, 0.05) is 24.2 Å². The number of H-pyrrole nitrogens is 1. The molecule has 25 heavy (non-hydrogen) atoms. The average Bonchev–Trinajstić information content (AvgIpc) is 3.08. The Balaban J connectivity index is 1.90. The Morgan fingerprint density at radius 2 is 2.16 bits per heavy atom. The Morgan fingerprint density at radius 1 is 1.36 bits per heavy atom. The van der Waals surface area contributed by atoms with Crippen LogP contribution < -0.4 is 5.56 Å². The summed E-state index contributed by atoms with van der Waals surface area (Å²) in [6.07, 6.45) is 1.32. The minimum atomic E-state index is -0.361. The van der Waals surface area contributed by atoms with Crippen LogP contribution in [0.2, 0.25) is 0 Å². The number of carbonyl (C=O) groups is 1. The maximum Gasteiger partial charge on any atom is 0.253 e. The van der Waals surface area contributed by atoms with E-state index < -0.39 is 0 Å². The third-order valence-corrected chi connectivity index (χ3v) is 4.54. The topological polar surface area (TPSA) is 62.4 Å². The molecule has 1 N–H and O–H groups in total. The lowest BCUT2D eigenvalue weighted by Crippen LogP contribution is -2.41. The molecule has 2 heterocycles. The van der Waals surface area contributed by atoms with Gasteiger partial charge in [-0.2, -0.15) is 0 Å². The third kappa shape index (κ3) is 4.10. The summed E-state index contributed by atoms with van der Waals surface area (Å²) in [4.78, 5) is 30.0. The molecule has 1 aliphatic heterocycles. The molecule has 1 aliphatic rings. The van der Waals surface area contributed by atoms with Crippen molar-refractivity contribution in [3.05, 3.63) is 45.7 Å². The van der Waals surface area contributed by atoms with Gasteiger partial charge in [-0.3, -0.25) is 9.59 Å². The highest BCUT2D eigenvalue weighted by atomic mass is 16.5. The van der Waals surface area contributed by atoms with Crippen LogP contribution in [0.4, 0.5) is 0 Å². The van der Waals surface area contributed by atoms with E-state index in [9.17, 15) is 9.59 Å². The Morgan fingerprint density at radius 3 is 2.84 bits per heavy atom. The van der Waals surface area contributed by atoms with Gasteiger partial charge in [-0.25, -0.2) is 0 Å². The Bertz CT molecular complexity index is 819. The van der Waals surface area contributed by atoms with Gasteiger partial charge in [0.05, 0.1) is 6.54 Å². The second-order valence-electron chi connectivity index (χ2n) is 7.33. The van der Waals surface area contributed by atoms with E-state index in [1.807, 2.05) is 31.2 Å². The highest BCUT2D eigenvalue weighted by Crippen LogP contribution is 2.18. The second kappa shape index (κ2) is 7.40. The van der Waals surface area contributed by atoms with Crippen molar-refractivity contribution >= 4 is 16.8 Å². The summed E-state index contributed by atoms with van der Waals surface area (Å²) in [5.41, 5.74) is 2.44. The maximum atomic E-state index is 12.8. The van der Waals surface area contributed by atoms with Crippen molar-refractivity contribution in [3.63, 3.8) is 0 Å². The number of pyridine rings is 1. The van der Waals surface area contributed by atoms with Gasteiger partial charge >= 0.3 is 0 Å². The molecule has 1 amide bonds. The van der Waals surface area contributed by atoms with Crippen LogP contribution in [0.3, 0.4) is 0 Å². The molecule has 0 spiro atoms. The number of hydrogen-bond acceptors (Lipinski definition) is 3. The van der Waals surface area contributed by atoms with E-state index in [1.165, 1.54) is 0 Å². The molecule has 1 saturated heterocycles. The molecule has 5 nitrogen and oxygen atoms in total. The molecular weight excluding hydrogens is 316 g/mol. The minimum Gasteiger partial charge on any atom is -0.368 e. The zero-order valence-corrected chi connectivity index (χ0v) is 15.2. The first kappa shape index (κ1) is 17.7. The summed E-state index contributed by atoms with van der Waals surface area (Å²) in [5, 5.41) is 0.990. The van der Waals surface area contributed by atoms with E-state index in [1.54, 1.807) is 4.90 Å². The van der Waals surface area contributed by atoms with Gasteiger partial charge in [-0.1, -0.05) is 25.5 Å². The molecular formula is C20H26N2O3. The van der Waals surface area contributed by atoms with Crippen LogP contribution in [-0.4, -0.2) is 35.0 Å². The van der Waals surface area contributed by atoms with E-state index in [4.69, 9.17) is 4.74 Å². The summed E-state index contributed by atoms with van der Waals surface area (Å²) in [5.74, 6) is 0.321. The van der Waals surface area contributed by atoms with E-state index in [0.717, 1.165) is 29.3 Å². The van der Waals surface area contributed by atoms with Crippen LogP contribution in [-0.2, 0) is 16.1 Å². The molecule has 2 aromatic rings. The molecule has 5 heteroatoms. The van der Waals surface area contributed by atoms with E-state index >= 15 is 0 Å². The molecule has 0 radical (unpaired) electrons. The molecule has 0 aliphatic carbocycles. The number of rotatable bonds is 5. The van der Waals surface area contributed by atoms with Crippen molar-refractivity contribution in [3.8, 4) is 0 Å². The number of nitrogens with one attached hydrogen (secondary N) is 1. The third-order valence-electron chi connectivity index (χ3n) is 4.54. The summed E-state index contributed by atoms with van der Waals surface area (Å²) >= 11 is 0. The monoisotopic (exact) mass is 342 g/mol. The molecule has 0 saturated carbocycles. The first-order valence-corrected chi connectivity index (χ1v) is 8.97. The molecule has 0 bridgehead atoms. The highest BCUT2D eigenvalue weighted by molar-refractivity contribution is 5.82. The minimum absolute atomic E-state index is 0.00469. The van der Waals surface area contributed by atoms with Crippen molar-refractivity contribution in [2.45, 2.75) is 46.3 Å².